The number of quaternary nitrogens is 1. The first-order valence-electron chi connectivity index (χ1n) is 33.5. The van der Waals surface area contributed by atoms with Crippen LogP contribution < -0.4 is 10.2 Å². The van der Waals surface area contributed by atoms with E-state index in [4.69, 9.17) is 13.8 Å². The van der Waals surface area contributed by atoms with Crippen LogP contribution in [0.25, 0.3) is 0 Å². The van der Waals surface area contributed by atoms with Crippen LogP contribution in [0.4, 0.5) is 0 Å². The fourth-order valence-corrected chi connectivity index (χ4v) is 10.1. The third-order valence-corrected chi connectivity index (χ3v) is 15.5. The molecule has 1 N–H and O–H groups in total. The van der Waals surface area contributed by atoms with E-state index in [-0.39, 0.29) is 31.3 Å². The summed E-state index contributed by atoms with van der Waals surface area (Å²) in [6.45, 7) is 6.66. The molecule has 0 fully saturated rings. The normalized spacial score (nSPS) is 14.2. The molecule has 3 unspecified atom stereocenters. The Bertz CT molecular complexity index is 1710. The maximum absolute atomic E-state index is 13.5. The molecular weight excluding hydrogens is 1020 g/mol. The van der Waals surface area contributed by atoms with Crippen LogP contribution in [0, 0.1) is 0 Å². The zero-order valence-corrected chi connectivity index (χ0v) is 54.4. The molecule has 0 spiro atoms. The van der Waals surface area contributed by atoms with Crippen molar-refractivity contribution in [1.82, 2.24) is 5.32 Å². The van der Waals surface area contributed by atoms with Gasteiger partial charge in [-0.3, -0.25) is 14.2 Å². The largest absolute Gasteiger partial charge is 0.756 e. The summed E-state index contributed by atoms with van der Waals surface area (Å²) in [5.74, 6) is -0.635. The molecule has 0 saturated heterocycles. The Labute approximate surface area is 500 Å². The number of rotatable bonds is 60. The number of hydrogen-bond donors (Lipinski definition) is 1. The number of amides is 1. The molecule has 0 aliphatic rings. The number of esters is 1. The first-order valence-corrected chi connectivity index (χ1v) is 35.0. The van der Waals surface area contributed by atoms with Crippen LogP contribution in [0.1, 0.15) is 290 Å². The summed E-state index contributed by atoms with van der Waals surface area (Å²) in [4.78, 5) is 40.0. The highest BCUT2D eigenvalue weighted by Gasteiger charge is 2.27. The Balaban J connectivity index is 5.11. The zero-order chi connectivity index (χ0) is 59.3. The summed E-state index contributed by atoms with van der Waals surface area (Å²) in [5, 5.41) is 2.98. The Hall–Kier alpha value is -3.07. The molecule has 0 saturated carbocycles. The molecule has 0 aromatic rings. The van der Waals surface area contributed by atoms with Gasteiger partial charge in [0.05, 0.1) is 33.8 Å². The highest BCUT2D eigenvalue weighted by molar-refractivity contribution is 7.45. The van der Waals surface area contributed by atoms with E-state index in [9.17, 15) is 19.0 Å². The van der Waals surface area contributed by atoms with Crippen LogP contribution in [0.5, 0.6) is 0 Å². The first kappa shape index (κ1) is 77.9. The number of nitrogens with one attached hydrogen (secondary N) is 1. The minimum atomic E-state index is -4.72. The number of likely N-dealkylation sites (N-methyl/N-ethyl adjacent to an activating group) is 1. The fourth-order valence-electron chi connectivity index (χ4n) is 9.36. The molecule has 0 aliphatic heterocycles. The van der Waals surface area contributed by atoms with Gasteiger partial charge in [0.15, 0.2) is 0 Å². The van der Waals surface area contributed by atoms with E-state index in [1.54, 1.807) is 0 Å². The SMILES string of the molecule is CC/C=C/C/C=C/C/C=C/C/C=C/C/C=C/CCC(=O)NC(COP(=O)([O-])OCC[N+](C)(C)C)C(/C=C\CCCCCCCCCCCC)OC(=O)CCCCCCCCCCCCCCCCCCC/C=C\C/C=C\CCCCC. The van der Waals surface area contributed by atoms with Crippen molar-refractivity contribution in [2.75, 3.05) is 40.9 Å². The van der Waals surface area contributed by atoms with Crippen LogP contribution in [0.3, 0.4) is 0 Å². The minimum absolute atomic E-state index is 0.0384. The average Bonchev–Trinajstić information content (AvgIpc) is 3.44. The van der Waals surface area contributed by atoms with E-state index in [1.807, 2.05) is 45.4 Å². The van der Waals surface area contributed by atoms with Gasteiger partial charge in [0.2, 0.25) is 5.91 Å². The number of carbonyl (C=O) groups is 2. The Morgan fingerprint density at radius 2 is 0.802 bits per heavy atom. The van der Waals surface area contributed by atoms with Gasteiger partial charge < -0.3 is 28.5 Å². The predicted octanol–water partition coefficient (Wildman–Crippen LogP) is 20.5. The second kappa shape index (κ2) is 60.1. The average molecular weight is 1150 g/mol. The highest BCUT2D eigenvalue weighted by Crippen LogP contribution is 2.38. The molecule has 10 heteroatoms. The Morgan fingerprint density at radius 1 is 0.444 bits per heavy atom. The van der Waals surface area contributed by atoms with Gasteiger partial charge >= 0.3 is 5.97 Å². The molecule has 0 bridgehead atoms. The van der Waals surface area contributed by atoms with Crippen molar-refractivity contribution in [2.24, 2.45) is 0 Å². The van der Waals surface area contributed by atoms with Gasteiger partial charge in [0, 0.05) is 12.8 Å². The minimum Gasteiger partial charge on any atom is -0.756 e. The molecule has 0 aromatic carbocycles. The molecule has 0 rings (SSSR count). The molecule has 1 amide bonds. The van der Waals surface area contributed by atoms with Crippen LogP contribution in [-0.2, 0) is 27.9 Å². The molecule has 0 aliphatic carbocycles. The monoisotopic (exact) mass is 1150 g/mol. The maximum atomic E-state index is 13.5. The van der Waals surface area contributed by atoms with E-state index in [0.29, 0.717) is 17.4 Å². The lowest BCUT2D eigenvalue weighted by Crippen LogP contribution is -2.47. The topological polar surface area (TPSA) is 114 Å². The number of phosphoric acid groups is 1. The molecule has 81 heavy (non-hydrogen) atoms. The second-order valence-corrected chi connectivity index (χ2v) is 25.0. The van der Waals surface area contributed by atoms with E-state index < -0.39 is 26.6 Å². The number of carbonyl (C=O) groups excluding carboxylic acids is 2. The summed E-state index contributed by atoms with van der Waals surface area (Å²) >= 11 is 0. The third kappa shape index (κ3) is 61.3. The smallest absolute Gasteiger partial charge is 0.306 e. The van der Waals surface area contributed by atoms with E-state index in [2.05, 4.69) is 99.0 Å². The molecular formula is C71H127N2O7P. The molecule has 0 radical (unpaired) electrons. The highest BCUT2D eigenvalue weighted by atomic mass is 31.2. The molecule has 0 heterocycles. The van der Waals surface area contributed by atoms with E-state index in [0.717, 1.165) is 77.0 Å². The number of phosphoric ester groups is 1. The fraction of sp³-hybridized carbons (Fsp3) is 0.746. The van der Waals surface area contributed by atoms with E-state index in [1.165, 1.54) is 173 Å². The van der Waals surface area contributed by atoms with Crippen molar-refractivity contribution >= 4 is 19.7 Å². The van der Waals surface area contributed by atoms with E-state index >= 15 is 0 Å². The number of unbranched alkanes of at least 4 members (excludes halogenated alkanes) is 30. The summed E-state index contributed by atoms with van der Waals surface area (Å²) < 4.78 is 30.3. The number of nitrogens with zero attached hydrogens (tertiary/aromatic N) is 1. The second-order valence-electron chi connectivity index (χ2n) is 23.6. The molecule has 0 aromatic heterocycles. The van der Waals surface area contributed by atoms with Gasteiger partial charge in [0.1, 0.15) is 19.3 Å². The zero-order valence-electron chi connectivity index (χ0n) is 53.5. The molecule has 9 nitrogen and oxygen atoms in total. The molecule has 468 valence electrons. The van der Waals surface area contributed by atoms with Crippen LogP contribution in [0.2, 0.25) is 0 Å². The van der Waals surface area contributed by atoms with Crippen LogP contribution in [0.15, 0.2) is 97.2 Å². The van der Waals surface area contributed by atoms with Crippen molar-refractivity contribution in [3.8, 4) is 0 Å². The Kier molecular flexibility index (Phi) is 57.8. The lowest BCUT2D eigenvalue weighted by Gasteiger charge is -2.30. The molecule has 3 atom stereocenters. The third-order valence-electron chi connectivity index (χ3n) is 14.5. The first-order chi connectivity index (χ1) is 39.4. The summed E-state index contributed by atoms with van der Waals surface area (Å²) in [6, 6.07) is -0.932. The van der Waals surface area contributed by atoms with Gasteiger partial charge in [-0.05, 0) is 96.0 Å². The van der Waals surface area contributed by atoms with Gasteiger partial charge in [-0.15, -0.1) is 0 Å². The van der Waals surface area contributed by atoms with Gasteiger partial charge in [-0.2, -0.15) is 0 Å². The lowest BCUT2D eigenvalue weighted by molar-refractivity contribution is -0.870. The van der Waals surface area contributed by atoms with Gasteiger partial charge in [-0.25, -0.2) is 0 Å². The van der Waals surface area contributed by atoms with Crippen molar-refractivity contribution in [2.45, 2.75) is 303 Å². The van der Waals surface area contributed by atoms with Crippen molar-refractivity contribution in [3.63, 3.8) is 0 Å². The summed E-state index contributed by atoms with van der Waals surface area (Å²) in [7, 11) is 1.14. The Morgan fingerprint density at radius 3 is 1.23 bits per heavy atom. The quantitative estimate of drug-likeness (QED) is 0.0212. The summed E-state index contributed by atoms with van der Waals surface area (Å²) in [6.07, 6.45) is 81.3. The van der Waals surface area contributed by atoms with Crippen molar-refractivity contribution in [1.29, 1.82) is 0 Å². The summed E-state index contributed by atoms with van der Waals surface area (Å²) in [5.41, 5.74) is 0. The predicted molar refractivity (Wildman–Crippen MR) is 348 cm³/mol. The lowest BCUT2D eigenvalue weighted by atomic mass is 10.0. The van der Waals surface area contributed by atoms with Crippen molar-refractivity contribution < 1.29 is 37.3 Å². The van der Waals surface area contributed by atoms with Gasteiger partial charge in [-0.1, -0.05) is 279 Å². The standard InChI is InChI=1S/C71H127N2O7P/c1-7-10-13-16-19-22-25-28-30-32-33-34-35-36-37-38-39-40-41-42-44-46-49-52-55-58-61-64-71(75)80-69(62-59-56-53-50-47-27-24-21-18-15-12-9-3)68(67-79-81(76,77)78-66-65-73(4,5)6)72-70(74)63-60-57-54-51-48-45-43-31-29-26-23-20-17-14-11-8-2/h11,14,19-20,22-23,28-31,45,48,54,57,59,62,68-69H,7-10,12-13,15-18,21,24-27,32-44,46-47,49-53,55-56,58,60-61,63-67H2,1-6H3,(H-,72,74,76,77)/b14-11+,22-19-,23-20+,30-28-,31-29+,48-45+,57-54+,62-59-. The number of hydrogen-bond acceptors (Lipinski definition) is 7. The number of ether oxygens (including phenoxy) is 1. The van der Waals surface area contributed by atoms with Crippen LogP contribution >= 0.6 is 7.82 Å². The number of allylic oxidation sites excluding steroid dienone is 15. The maximum Gasteiger partial charge on any atom is 0.306 e. The van der Waals surface area contributed by atoms with Gasteiger partial charge in [0.25, 0.3) is 7.82 Å². The van der Waals surface area contributed by atoms with Crippen LogP contribution in [-0.4, -0.2) is 69.4 Å². The van der Waals surface area contributed by atoms with Crippen molar-refractivity contribution in [3.05, 3.63) is 97.2 Å².